The number of nitrogens with one attached hydrogen (secondary N) is 2. The van der Waals surface area contributed by atoms with Crippen LogP contribution in [-0.4, -0.2) is 64.8 Å². The zero-order chi connectivity index (χ0) is 19.9. The molecule has 28 heavy (non-hydrogen) atoms. The van der Waals surface area contributed by atoms with E-state index in [4.69, 9.17) is 0 Å². The molecule has 2 heterocycles. The van der Waals surface area contributed by atoms with Crippen molar-refractivity contribution < 1.29 is 4.79 Å². The predicted molar refractivity (Wildman–Crippen MR) is 109 cm³/mol. The molecule has 1 amide bonds. The third-order valence-electron chi connectivity index (χ3n) is 4.72. The number of carbonyl (C=O) groups is 1. The van der Waals surface area contributed by atoms with Gasteiger partial charge in [0.05, 0.1) is 6.54 Å². The average Bonchev–Trinajstić information content (AvgIpc) is 3.05. The number of guanidine groups is 1. The zero-order valence-electron chi connectivity index (χ0n) is 16.9. The van der Waals surface area contributed by atoms with Crippen LogP contribution >= 0.6 is 0 Å². The number of likely N-dealkylation sites (N-methyl/N-ethyl adjacent to an activating group) is 1. The quantitative estimate of drug-likeness (QED) is 0.568. The van der Waals surface area contributed by atoms with E-state index in [2.05, 4.69) is 37.8 Å². The fourth-order valence-corrected chi connectivity index (χ4v) is 3.16. The van der Waals surface area contributed by atoms with Crippen LogP contribution in [0.25, 0.3) is 0 Å². The molecular weight excluding hydrogens is 354 g/mol. The van der Waals surface area contributed by atoms with Gasteiger partial charge in [-0.25, -0.2) is 14.7 Å². The first-order chi connectivity index (χ1) is 13.5. The molecule has 1 unspecified atom stereocenters. The topological polar surface area (TPSA) is 87.4 Å². The summed E-state index contributed by atoms with van der Waals surface area (Å²) < 4.78 is 1.96. The van der Waals surface area contributed by atoms with Gasteiger partial charge in [0.25, 0.3) is 0 Å². The number of benzene rings is 1. The maximum atomic E-state index is 11.9. The molecule has 1 aliphatic heterocycles. The normalized spacial score (nSPS) is 16.4. The number of carbonyl (C=O) groups excluding carboxylic acids is 1. The Labute approximate surface area is 166 Å². The van der Waals surface area contributed by atoms with Crippen molar-refractivity contribution in [3.8, 4) is 0 Å². The van der Waals surface area contributed by atoms with Gasteiger partial charge in [-0.1, -0.05) is 30.3 Å². The molecule has 8 nitrogen and oxygen atoms in total. The van der Waals surface area contributed by atoms with Crippen LogP contribution in [0.5, 0.6) is 0 Å². The third-order valence-corrected chi connectivity index (χ3v) is 4.72. The summed E-state index contributed by atoms with van der Waals surface area (Å²) in [6.45, 7) is 3.52. The van der Waals surface area contributed by atoms with Gasteiger partial charge in [0, 0.05) is 33.1 Å². The minimum Gasteiger partial charge on any atom is -0.356 e. The van der Waals surface area contributed by atoms with Crippen molar-refractivity contribution in [3.63, 3.8) is 0 Å². The molecule has 3 rings (SSSR count). The first-order valence-electron chi connectivity index (χ1n) is 9.70. The minimum atomic E-state index is -0.0259. The van der Waals surface area contributed by atoms with E-state index in [0.717, 1.165) is 44.0 Å². The van der Waals surface area contributed by atoms with Crippen molar-refractivity contribution in [1.29, 1.82) is 0 Å². The number of fused-ring (bicyclic) bond motifs is 1. The van der Waals surface area contributed by atoms with Crippen LogP contribution in [0, 0.1) is 6.92 Å². The molecule has 0 saturated heterocycles. The summed E-state index contributed by atoms with van der Waals surface area (Å²) in [5, 5.41) is 11.3. The molecule has 1 aromatic heterocycles. The minimum absolute atomic E-state index is 0.0259. The lowest BCUT2D eigenvalue weighted by atomic mass is 10.1. The molecule has 0 fully saturated rings. The van der Waals surface area contributed by atoms with Gasteiger partial charge in [0.2, 0.25) is 5.91 Å². The van der Waals surface area contributed by atoms with Crippen LogP contribution in [-0.2, 0) is 24.2 Å². The zero-order valence-corrected chi connectivity index (χ0v) is 16.9. The molecule has 0 spiro atoms. The Bertz CT molecular complexity index is 813. The van der Waals surface area contributed by atoms with Gasteiger partial charge in [0.1, 0.15) is 18.2 Å². The van der Waals surface area contributed by atoms with Crippen molar-refractivity contribution in [2.24, 2.45) is 4.99 Å². The summed E-state index contributed by atoms with van der Waals surface area (Å²) >= 11 is 0. The van der Waals surface area contributed by atoms with E-state index in [-0.39, 0.29) is 18.5 Å². The number of hydrogen-bond acceptors (Lipinski definition) is 4. The van der Waals surface area contributed by atoms with E-state index >= 15 is 0 Å². The summed E-state index contributed by atoms with van der Waals surface area (Å²) in [5.74, 6) is 2.48. The van der Waals surface area contributed by atoms with Crippen LogP contribution in [0.3, 0.4) is 0 Å². The smallest absolute Gasteiger partial charge is 0.243 e. The molecule has 1 aromatic carbocycles. The van der Waals surface area contributed by atoms with Crippen molar-refractivity contribution in [2.75, 3.05) is 27.2 Å². The Morgan fingerprint density at radius 2 is 2.11 bits per heavy atom. The number of aromatic nitrogens is 3. The molecular formula is C20H29N7O. The Kier molecular flexibility index (Phi) is 6.62. The number of nitrogens with zero attached hydrogens (tertiary/aromatic N) is 5. The SMILES string of the molecule is Cc1nc2n(n1)CC(NC(=NCC(=O)N(C)C)NCCc1ccccc1)CC2. The van der Waals surface area contributed by atoms with Crippen LogP contribution in [0.4, 0.5) is 0 Å². The molecule has 0 aliphatic carbocycles. The van der Waals surface area contributed by atoms with Gasteiger partial charge in [-0.15, -0.1) is 0 Å². The summed E-state index contributed by atoms with van der Waals surface area (Å²) in [6.07, 6.45) is 2.73. The number of aryl methyl sites for hydroxylation is 2. The first-order valence-corrected chi connectivity index (χ1v) is 9.70. The van der Waals surface area contributed by atoms with Crippen LogP contribution in [0.2, 0.25) is 0 Å². The van der Waals surface area contributed by atoms with E-state index in [1.807, 2.05) is 29.8 Å². The average molecular weight is 384 g/mol. The van der Waals surface area contributed by atoms with E-state index in [0.29, 0.717) is 5.96 Å². The monoisotopic (exact) mass is 383 g/mol. The van der Waals surface area contributed by atoms with Crippen molar-refractivity contribution in [2.45, 2.75) is 38.8 Å². The van der Waals surface area contributed by atoms with Crippen LogP contribution < -0.4 is 10.6 Å². The number of aliphatic imine (C=N–C) groups is 1. The summed E-state index contributed by atoms with van der Waals surface area (Å²) in [4.78, 5) is 22.4. The maximum Gasteiger partial charge on any atom is 0.243 e. The Hall–Kier alpha value is -2.90. The van der Waals surface area contributed by atoms with Crippen molar-refractivity contribution in [1.82, 2.24) is 30.3 Å². The second-order valence-electron chi connectivity index (χ2n) is 7.25. The molecule has 8 heteroatoms. The molecule has 2 aromatic rings. The highest BCUT2D eigenvalue weighted by Gasteiger charge is 2.21. The van der Waals surface area contributed by atoms with Gasteiger partial charge in [-0.3, -0.25) is 4.79 Å². The molecule has 0 bridgehead atoms. The van der Waals surface area contributed by atoms with E-state index in [9.17, 15) is 4.79 Å². The van der Waals surface area contributed by atoms with Gasteiger partial charge in [-0.2, -0.15) is 5.10 Å². The number of amides is 1. The lowest BCUT2D eigenvalue weighted by Crippen LogP contribution is -2.48. The molecule has 1 atom stereocenters. The summed E-state index contributed by atoms with van der Waals surface area (Å²) in [7, 11) is 3.48. The highest BCUT2D eigenvalue weighted by Crippen LogP contribution is 2.12. The van der Waals surface area contributed by atoms with Crippen molar-refractivity contribution >= 4 is 11.9 Å². The van der Waals surface area contributed by atoms with E-state index < -0.39 is 0 Å². The highest BCUT2D eigenvalue weighted by atomic mass is 16.2. The second kappa shape index (κ2) is 9.34. The third kappa shape index (κ3) is 5.55. The number of rotatable bonds is 6. The van der Waals surface area contributed by atoms with Gasteiger partial charge < -0.3 is 15.5 Å². The maximum absolute atomic E-state index is 11.9. The fraction of sp³-hybridized carbons (Fsp3) is 0.500. The standard InChI is InChI=1S/C20H29N7O/c1-15-23-18-10-9-17(14-27(18)25-15)24-20(22-13-19(28)26(2)3)21-12-11-16-7-5-4-6-8-16/h4-8,17H,9-14H2,1-3H3,(H2,21,22,24). The lowest BCUT2D eigenvalue weighted by Gasteiger charge is -2.25. The lowest BCUT2D eigenvalue weighted by molar-refractivity contribution is -0.127. The first kappa shape index (κ1) is 19.9. The molecule has 2 N–H and O–H groups in total. The predicted octanol–water partition coefficient (Wildman–Crippen LogP) is 0.767. The fourth-order valence-electron chi connectivity index (χ4n) is 3.16. The van der Waals surface area contributed by atoms with E-state index in [1.165, 1.54) is 5.56 Å². The van der Waals surface area contributed by atoms with Gasteiger partial charge >= 0.3 is 0 Å². The summed E-state index contributed by atoms with van der Waals surface area (Å²) in [6, 6.07) is 10.5. The number of hydrogen-bond donors (Lipinski definition) is 2. The molecule has 0 radical (unpaired) electrons. The largest absolute Gasteiger partial charge is 0.356 e. The Morgan fingerprint density at radius 1 is 1.32 bits per heavy atom. The highest BCUT2D eigenvalue weighted by molar-refractivity contribution is 5.84. The second-order valence-corrected chi connectivity index (χ2v) is 7.25. The van der Waals surface area contributed by atoms with Gasteiger partial charge in [0.15, 0.2) is 5.96 Å². The Balaban J connectivity index is 1.60. The summed E-state index contributed by atoms with van der Waals surface area (Å²) in [5.41, 5.74) is 1.26. The van der Waals surface area contributed by atoms with Gasteiger partial charge in [-0.05, 0) is 25.3 Å². The molecule has 150 valence electrons. The van der Waals surface area contributed by atoms with Crippen LogP contribution in [0.1, 0.15) is 23.6 Å². The van der Waals surface area contributed by atoms with Crippen molar-refractivity contribution in [3.05, 3.63) is 47.5 Å². The molecule has 0 saturated carbocycles. The van der Waals surface area contributed by atoms with E-state index in [1.54, 1.807) is 19.0 Å². The van der Waals surface area contributed by atoms with Crippen LogP contribution in [0.15, 0.2) is 35.3 Å². The Morgan fingerprint density at radius 3 is 2.86 bits per heavy atom. The molecule has 1 aliphatic rings.